The second-order valence-electron chi connectivity index (χ2n) is 6.41. The molecule has 0 fully saturated rings. The van der Waals surface area contributed by atoms with Crippen LogP contribution in [-0.2, 0) is 0 Å². The van der Waals surface area contributed by atoms with E-state index in [-0.39, 0.29) is 11.3 Å². The molecule has 0 unspecified atom stereocenters. The molecule has 5 rings (SSSR count). The second-order valence-corrected chi connectivity index (χ2v) is 6.84. The van der Waals surface area contributed by atoms with Crippen molar-refractivity contribution in [1.82, 2.24) is 20.3 Å². The molecule has 0 saturated carbocycles. The van der Waals surface area contributed by atoms with Crippen LogP contribution in [0.2, 0.25) is 5.02 Å². The Kier molecular flexibility index (Phi) is 4.99. The minimum atomic E-state index is 0.249. The highest BCUT2D eigenvalue weighted by Gasteiger charge is 2.13. The van der Waals surface area contributed by atoms with Gasteiger partial charge in [0.25, 0.3) is 0 Å². The summed E-state index contributed by atoms with van der Waals surface area (Å²) in [6, 6.07) is 20.7. The minimum Gasteiger partial charge on any atom is -0.455 e. The summed E-state index contributed by atoms with van der Waals surface area (Å²) in [6.45, 7) is 0. The summed E-state index contributed by atoms with van der Waals surface area (Å²) in [5.74, 6) is 2.04. The van der Waals surface area contributed by atoms with Crippen LogP contribution in [0.4, 0.5) is 17.3 Å². The monoisotopic (exact) mass is 431 g/mol. The molecule has 0 spiro atoms. The molecular weight excluding hydrogens is 418 g/mol. The molecule has 2 N–H and O–H groups in total. The third kappa shape index (κ3) is 4.21. The molecule has 0 aliphatic heterocycles. The van der Waals surface area contributed by atoms with Gasteiger partial charge in [-0.15, -0.1) is 0 Å². The summed E-state index contributed by atoms with van der Waals surface area (Å²) in [4.78, 5) is 8.74. The van der Waals surface area contributed by atoms with Gasteiger partial charge in [-0.25, -0.2) is 9.61 Å². The van der Waals surface area contributed by atoms with E-state index in [1.54, 1.807) is 18.3 Å². The summed E-state index contributed by atoms with van der Waals surface area (Å²) in [5.41, 5.74) is 5.08. The lowest BCUT2D eigenvalue weighted by Crippen LogP contribution is -2.03. The molecule has 0 amide bonds. The Morgan fingerprint density at radius 3 is 2.48 bits per heavy atom. The van der Waals surface area contributed by atoms with Gasteiger partial charge in [0.05, 0.1) is 6.21 Å². The number of nitrogens with zero attached hydrogens (tertiary/aromatic N) is 5. The fourth-order valence-electron chi connectivity index (χ4n) is 2.84. The molecular formula is C21H14ClN7O2. The first-order valence-corrected chi connectivity index (χ1v) is 9.60. The van der Waals surface area contributed by atoms with Crippen molar-refractivity contribution in [1.29, 1.82) is 0 Å². The van der Waals surface area contributed by atoms with Crippen LogP contribution in [0.1, 0.15) is 5.76 Å². The van der Waals surface area contributed by atoms with E-state index in [0.717, 1.165) is 17.0 Å². The van der Waals surface area contributed by atoms with Crippen molar-refractivity contribution in [2.24, 2.45) is 5.10 Å². The fraction of sp³-hybridized carbons (Fsp3) is 0. The van der Waals surface area contributed by atoms with Crippen LogP contribution < -0.4 is 10.7 Å². The zero-order chi connectivity index (χ0) is 21.0. The zero-order valence-corrected chi connectivity index (χ0v) is 16.6. The molecule has 0 radical (unpaired) electrons. The molecule has 3 heterocycles. The molecule has 0 aliphatic rings. The van der Waals surface area contributed by atoms with E-state index >= 15 is 0 Å². The number of hydrogen-bond donors (Lipinski definition) is 2. The number of aromatic nitrogens is 4. The lowest BCUT2D eigenvalue weighted by Gasteiger charge is -2.09. The number of fused-ring (bicyclic) bond motifs is 1. The van der Waals surface area contributed by atoms with Crippen molar-refractivity contribution in [2.45, 2.75) is 0 Å². The van der Waals surface area contributed by atoms with E-state index in [0.29, 0.717) is 22.4 Å². The Morgan fingerprint density at radius 1 is 0.871 bits per heavy atom. The van der Waals surface area contributed by atoms with E-state index in [1.165, 1.54) is 0 Å². The Balaban J connectivity index is 1.39. The maximum Gasteiger partial charge on any atom is 0.245 e. The van der Waals surface area contributed by atoms with Gasteiger partial charge in [-0.3, -0.25) is 5.43 Å². The Hall–Kier alpha value is -4.24. The molecule has 10 heteroatoms. The van der Waals surface area contributed by atoms with Crippen molar-refractivity contribution in [2.75, 3.05) is 10.7 Å². The summed E-state index contributed by atoms with van der Waals surface area (Å²) < 4.78 is 10.5. The standard InChI is InChI=1S/C21H14ClN7O2/c22-14-7-4-8-15(11-14)24-18-19(26-21-20(25-18)28-31-29-21)27-23-12-16-9-10-17(30-16)13-5-2-1-3-6-13/h1-12H,(H,24,25,28)(H,26,27,29). The van der Waals surface area contributed by atoms with E-state index in [2.05, 4.69) is 36.1 Å². The summed E-state index contributed by atoms with van der Waals surface area (Å²) in [6.07, 6.45) is 1.54. The normalized spacial score (nSPS) is 11.3. The Labute approximate surface area is 180 Å². The molecule has 9 nitrogen and oxygen atoms in total. The van der Waals surface area contributed by atoms with E-state index in [9.17, 15) is 0 Å². The van der Waals surface area contributed by atoms with Crippen molar-refractivity contribution in [3.63, 3.8) is 0 Å². The molecule has 2 aromatic carbocycles. The largest absolute Gasteiger partial charge is 0.455 e. The molecule has 31 heavy (non-hydrogen) atoms. The average Bonchev–Trinajstić information content (AvgIpc) is 3.44. The first kappa shape index (κ1) is 18.8. The zero-order valence-electron chi connectivity index (χ0n) is 15.9. The highest BCUT2D eigenvalue weighted by atomic mass is 35.5. The van der Waals surface area contributed by atoms with Crippen LogP contribution >= 0.6 is 11.6 Å². The summed E-state index contributed by atoms with van der Waals surface area (Å²) in [7, 11) is 0. The number of nitrogens with one attached hydrogen (secondary N) is 2. The van der Waals surface area contributed by atoms with Crippen LogP contribution in [0.5, 0.6) is 0 Å². The van der Waals surface area contributed by atoms with Gasteiger partial charge in [-0.05, 0) is 40.6 Å². The topological polar surface area (TPSA) is 114 Å². The lowest BCUT2D eigenvalue weighted by molar-refractivity contribution is 0.314. The molecule has 3 aromatic heterocycles. The third-order valence-corrected chi connectivity index (χ3v) is 4.48. The van der Waals surface area contributed by atoms with E-state index < -0.39 is 0 Å². The minimum absolute atomic E-state index is 0.249. The van der Waals surface area contributed by atoms with E-state index in [4.69, 9.17) is 20.6 Å². The van der Waals surface area contributed by atoms with Gasteiger partial charge in [0, 0.05) is 16.3 Å². The molecule has 5 aromatic rings. The highest BCUT2D eigenvalue weighted by molar-refractivity contribution is 6.30. The van der Waals surface area contributed by atoms with Crippen LogP contribution in [0.25, 0.3) is 22.6 Å². The van der Waals surface area contributed by atoms with Crippen molar-refractivity contribution < 1.29 is 9.05 Å². The van der Waals surface area contributed by atoms with Gasteiger partial charge in [0.1, 0.15) is 11.5 Å². The first-order valence-electron chi connectivity index (χ1n) is 9.22. The predicted molar refractivity (Wildman–Crippen MR) is 117 cm³/mol. The van der Waals surface area contributed by atoms with Crippen molar-refractivity contribution >= 4 is 46.4 Å². The van der Waals surface area contributed by atoms with Crippen molar-refractivity contribution in [3.8, 4) is 11.3 Å². The Bertz CT molecular complexity index is 1360. The van der Waals surface area contributed by atoms with Gasteiger partial charge in [-0.2, -0.15) is 10.1 Å². The quantitative estimate of drug-likeness (QED) is 0.281. The smallest absolute Gasteiger partial charge is 0.245 e. The predicted octanol–water partition coefficient (Wildman–Crippen LogP) is 5.12. The molecule has 0 saturated heterocycles. The average molecular weight is 432 g/mol. The number of halogens is 1. The number of anilines is 3. The number of hydrazone groups is 1. The number of hydrogen-bond acceptors (Lipinski definition) is 9. The Morgan fingerprint density at radius 2 is 1.68 bits per heavy atom. The lowest BCUT2D eigenvalue weighted by atomic mass is 10.2. The van der Waals surface area contributed by atoms with E-state index in [1.807, 2.05) is 54.6 Å². The van der Waals surface area contributed by atoms with Gasteiger partial charge < -0.3 is 9.73 Å². The molecule has 0 bridgehead atoms. The fourth-order valence-corrected chi connectivity index (χ4v) is 3.03. The highest BCUT2D eigenvalue weighted by Crippen LogP contribution is 2.25. The van der Waals surface area contributed by atoms with Crippen molar-refractivity contribution in [3.05, 3.63) is 77.5 Å². The number of furan rings is 1. The SMILES string of the molecule is Clc1cccc(Nc2nc3nonc3nc2NN=Cc2ccc(-c3ccccc3)o2)c1. The summed E-state index contributed by atoms with van der Waals surface area (Å²) >= 11 is 6.06. The van der Waals surface area contributed by atoms with Gasteiger partial charge in [0.2, 0.25) is 11.3 Å². The van der Waals surface area contributed by atoms with Gasteiger partial charge in [0.15, 0.2) is 11.6 Å². The van der Waals surface area contributed by atoms with Crippen LogP contribution in [0.3, 0.4) is 0 Å². The van der Waals surface area contributed by atoms with Gasteiger partial charge >= 0.3 is 0 Å². The molecule has 152 valence electrons. The maximum atomic E-state index is 6.06. The second kappa shape index (κ2) is 8.25. The molecule has 0 aliphatic carbocycles. The molecule has 0 atom stereocenters. The van der Waals surface area contributed by atoms with Gasteiger partial charge in [-0.1, -0.05) is 48.0 Å². The number of benzene rings is 2. The van der Waals surface area contributed by atoms with Crippen LogP contribution in [0, 0.1) is 0 Å². The maximum absolute atomic E-state index is 6.06. The number of rotatable bonds is 6. The first-order chi connectivity index (χ1) is 15.2. The van der Waals surface area contributed by atoms with Crippen LogP contribution in [0.15, 0.2) is 80.9 Å². The van der Waals surface area contributed by atoms with Crippen LogP contribution in [-0.4, -0.2) is 26.5 Å². The summed E-state index contributed by atoms with van der Waals surface area (Å²) in [5, 5.41) is 15.4. The third-order valence-electron chi connectivity index (χ3n) is 4.25.